The average molecular weight is 351 g/mol. The molecule has 110 valence electrons. The molecule has 3 rings (SSSR count). The van der Waals surface area contributed by atoms with Crippen LogP contribution in [0.5, 0.6) is 0 Å². The molecule has 3 heterocycles. The molecule has 1 aliphatic rings. The van der Waals surface area contributed by atoms with Gasteiger partial charge in [-0.2, -0.15) is 4.98 Å². The second kappa shape index (κ2) is 5.93. The number of halogens is 1. The van der Waals surface area contributed by atoms with Gasteiger partial charge in [0.05, 0.1) is 0 Å². The van der Waals surface area contributed by atoms with Gasteiger partial charge in [-0.05, 0) is 34.8 Å². The summed E-state index contributed by atoms with van der Waals surface area (Å²) >= 11 is 3.38. The van der Waals surface area contributed by atoms with Gasteiger partial charge in [0.25, 0.3) is 0 Å². The first-order chi connectivity index (χ1) is 10.1. The lowest BCUT2D eigenvalue weighted by molar-refractivity contribution is -0.129. The summed E-state index contributed by atoms with van der Waals surface area (Å²) in [4.78, 5) is 21.8. The molecule has 6 nitrogen and oxygen atoms in total. The fraction of sp³-hybridized carbons (Fsp3) is 0.429. The number of piperidine rings is 1. The average Bonchev–Trinajstić information content (AvgIpc) is 2.97. The summed E-state index contributed by atoms with van der Waals surface area (Å²) in [6, 6.07) is 1.90. The van der Waals surface area contributed by atoms with Gasteiger partial charge in [-0.25, -0.2) is 0 Å². The summed E-state index contributed by atoms with van der Waals surface area (Å²) in [5.74, 6) is 1.54. The zero-order valence-electron chi connectivity index (χ0n) is 11.6. The van der Waals surface area contributed by atoms with Crippen molar-refractivity contribution < 1.29 is 9.32 Å². The third-order valence-corrected chi connectivity index (χ3v) is 4.13. The maximum atomic E-state index is 11.3. The molecule has 1 aliphatic heterocycles. The molecule has 0 aliphatic carbocycles. The molecule has 2 aromatic heterocycles. The Hall–Kier alpha value is -1.76. The topological polar surface area (TPSA) is 72.1 Å². The molecule has 0 N–H and O–H groups in total. The first kappa shape index (κ1) is 14.2. The number of carbonyl (C=O) groups excluding carboxylic acids is 1. The zero-order chi connectivity index (χ0) is 14.8. The number of rotatable bonds is 2. The van der Waals surface area contributed by atoms with Gasteiger partial charge in [0.2, 0.25) is 17.6 Å². The van der Waals surface area contributed by atoms with E-state index in [0.717, 1.165) is 36.0 Å². The second-order valence-corrected chi connectivity index (χ2v) is 6.04. The van der Waals surface area contributed by atoms with Crippen molar-refractivity contribution in [1.82, 2.24) is 20.0 Å². The molecule has 7 heteroatoms. The number of amides is 1. The molecule has 0 aromatic carbocycles. The van der Waals surface area contributed by atoms with E-state index < -0.39 is 0 Å². The fourth-order valence-electron chi connectivity index (χ4n) is 2.49. The summed E-state index contributed by atoms with van der Waals surface area (Å²) in [7, 11) is 0. The molecule has 21 heavy (non-hydrogen) atoms. The van der Waals surface area contributed by atoms with E-state index in [1.807, 2.05) is 11.0 Å². The van der Waals surface area contributed by atoms with E-state index >= 15 is 0 Å². The van der Waals surface area contributed by atoms with Crippen LogP contribution in [-0.2, 0) is 4.79 Å². The Morgan fingerprint density at radius 1 is 1.38 bits per heavy atom. The summed E-state index contributed by atoms with van der Waals surface area (Å²) < 4.78 is 6.26. The largest absolute Gasteiger partial charge is 0.343 e. The van der Waals surface area contributed by atoms with E-state index in [1.54, 1.807) is 19.3 Å². The minimum Gasteiger partial charge on any atom is -0.343 e. The lowest BCUT2D eigenvalue weighted by atomic mass is 9.97. The van der Waals surface area contributed by atoms with Gasteiger partial charge in [-0.1, -0.05) is 5.16 Å². The molecule has 0 unspecified atom stereocenters. The van der Waals surface area contributed by atoms with Crippen LogP contribution in [0.3, 0.4) is 0 Å². The van der Waals surface area contributed by atoms with Crippen LogP contribution in [-0.4, -0.2) is 39.0 Å². The van der Waals surface area contributed by atoms with Gasteiger partial charge >= 0.3 is 0 Å². The van der Waals surface area contributed by atoms with Crippen molar-refractivity contribution in [3.05, 3.63) is 28.8 Å². The van der Waals surface area contributed by atoms with Crippen molar-refractivity contribution in [3.63, 3.8) is 0 Å². The van der Waals surface area contributed by atoms with E-state index in [2.05, 4.69) is 31.1 Å². The Labute approximate surface area is 130 Å². The van der Waals surface area contributed by atoms with Crippen LogP contribution in [0.15, 0.2) is 27.5 Å². The van der Waals surface area contributed by atoms with Crippen molar-refractivity contribution in [2.24, 2.45) is 0 Å². The third kappa shape index (κ3) is 3.12. The van der Waals surface area contributed by atoms with Crippen molar-refractivity contribution >= 4 is 21.8 Å². The smallest absolute Gasteiger partial charge is 0.230 e. The minimum absolute atomic E-state index is 0.125. The number of likely N-dealkylation sites (tertiary alicyclic amines) is 1. The summed E-state index contributed by atoms with van der Waals surface area (Å²) in [6.07, 6.45) is 5.13. The highest BCUT2D eigenvalue weighted by Crippen LogP contribution is 2.28. The highest BCUT2D eigenvalue weighted by Gasteiger charge is 2.26. The standard InChI is InChI=1S/C14H15BrN4O2/c1-9(20)19-4-2-10(3-5-19)14-17-13(18-21-14)11-6-12(15)8-16-7-11/h6-8,10H,2-5H2,1H3. The summed E-state index contributed by atoms with van der Waals surface area (Å²) in [5, 5.41) is 4.03. The second-order valence-electron chi connectivity index (χ2n) is 5.13. The predicted molar refractivity (Wildman–Crippen MR) is 79.5 cm³/mol. The Morgan fingerprint density at radius 2 is 2.14 bits per heavy atom. The van der Waals surface area contributed by atoms with E-state index in [9.17, 15) is 4.79 Å². The lowest BCUT2D eigenvalue weighted by Crippen LogP contribution is -2.36. The van der Waals surface area contributed by atoms with Crippen LogP contribution < -0.4 is 0 Å². The molecule has 0 saturated carbocycles. The van der Waals surface area contributed by atoms with Gasteiger partial charge in [0, 0.05) is 48.4 Å². The van der Waals surface area contributed by atoms with Gasteiger partial charge in [0.15, 0.2) is 0 Å². The Balaban J connectivity index is 1.73. The maximum absolute atomic E-state index is 11.3. The van der Waals surface area contributed by atoms with Crippen LogP contribution in [0.25, 0.3) is 11.4 Å². The van der Waals surface area contributed by atoms with Gasteiger partial charge in [0.1, 0.15) is 0 Å². The SMILES string of the molecule is CC(=O)N1CCC(c2nc(-c3cncc(Br)c3)no2)CC1. The molecule has 1 saturated heterocycles. The van der Waals surface area contributed by atoms with E-state index in [1.165, 1.54) is 0 Å². The number of hydrogen-bond donors (Lipinski definition) is 0. The minimum atomic E-state index is 0.125. The molecule has 2 aromatic rings. The lowest BCUT2D eigenvalue weighted by Gasteiger charge is -2.29. The number of nitrogens with zero attached hydrogens (tertiary/aromatic N) is 4. The first-order valence-corrected chi connectivity index (χ1v) is 7.63. The highest BCUT2D eigenvalue weighted by atomic mass is 79.9. The Bertz CT molecular complexity index is 650. The van der Waals surface area contributed by atoms with Crippen molar-refractivity contribution in [3.8, 4) is 11.4 Å². The van der Waals surface area contributed by atoms with Crippen LogP contribution in [0, 0.1) is 0 Å². The van der Waals surface area contributed by atoms with Gasteiger partial charge in [-0.3, -0.25) is 9.78 Å². The van der Waals surface area contributed by atoms with Gasteiger partial charge < -0.3 is 9.42 Å². The molecular formula is C14H15BrN4O2. The van der Waals surface area contributed by atoms with Crippen LogP contribution in [0.2, 0.25) is 0 Å². The molecule has 0 bridgehead atoms. The normalized spacial score (nSPS) is 16.2. The van der Waals surface area contributed by atoms with E-state index in [-0.39, 0.29) is 11.8 Å². The number of aromatic nitrogens is 3. The summed E-state index contributed by atoms with van der Waals surface area (Å²) in [6.45, 7) is 3.09. The Morgan fingerprint density at radius 3 is 2.81 bits per heavy atom. The van der Waals surface area contributed by atoms with Crippen molar-refractivity contribution in [1.29, 1.82) is 0 Å². The van der Waals surface area contributed by atoms with Crippen molar-refractivity contribution in [2.45, 2.75) is 25.7 Å². The van der Waals surface area contributed by atoms with E-state index in [0.29, 0.717) is 11.7 Å². The quantitative estimate of drug-likeness (QED) is 0.832. The van der Waals surface area contributed by atoms with E-state index in [4.69, 9.17) is 4.52 Å². The highest BCUT2D eigenvalue weighted by molar-refractivity contribution is 9.10. The number of carbonyl (C=O) groups is 1. The molecule has 1 fully saturated rings. The van der Waals surface area contributed by atoms with Crippen LogP contribution >= 0.6 is 15.9 Å². The van der Waals surface area contributed by atoms with Gasteiger partial charge in [-0.15, -0.1) is 0 Å². The number of hydrogen-bond acceptors (Lipinski definition) is 5. The Kier molecular flexibility index (Phi) is 4.01. The molecular weight excluding hydrogens is 336 g/mol. The molecule has 1 amide bonds. The zero-order valence-corrected chi connectivity index (χ0v) is 13.2. The van der Waals surface area contributed by atoms with Crippen LogP contribution in [0.4, 0.5) is 0 Å². The number of pyridine rings is 1. The van der Waals surface area contributed by atoms with Crippen LogP contribution in [0.1, 0.15) is 31.6 Å². The summed E-state index contributed by atoms with van der Waals surface area (Å²) in [5.41, 5.74) is 0.820. The first-order valence-electron chi connectivity index (χ1n) is 6.83. The molecule has 0 radical (unpaired) electrons. The fourth-order valence-corrected chi connectivity index (χ4v) is 2.86. The predicted octanol–water partition coefficient (Wildman–Crippen LogP) is 2.62. The third-order valence-electron chi connectivity index (χ3n) is 3.69. The van der Waals surface area contributed by atoms with Crippen molar-refractivity contribution in [2.75, 3.05) is 13.1 Å². The molecule has 0 spiro atoms. The maximum Gasteiger partial charge on any atom is 0.230 e. The molecule has 0 atom stereocenters. The monoisotopic (exact) mass is 350 g/mol.